The van der Waals surface area contributed by atoms with Gasteiger partial charge in [0.1, 0.15) is 6.04 Å². The van der Waals surface area contributed by atoms with Gasteiger partial charge in [-0.1, -0.05) is 38.8 Å². The van der Waals surface area contributed by atoms with Crippen molar-refractivity contribution in [3.63, 3.8) is 0 Å². The van der Waals surface area contributed by atoms with Gasteiger partial charge in [0.2, 0.25) is 11.8 Å². The lowest BCUT2D eigenvalue weighted by atomic mass is 9.91. The third kappa shape index (κ3) is 6.55. The number of hydrogen-bond donors (Lipinski definition) is 2. The average Bonchev–Trinajstić information content (AvgIpc) is 3.15. The molecule has 2 N–H and O–H groups in total. The molecule has 0 bridgehead atoms. The minimum atomic E-state index is -0.692. The fourth-order valence-electron chi connectivity index (χ4n) is 4.25. The second-order valence-electron chi connectivity index (χ2n) is 9.93. The molecule has 0 saturated carbocycles. The van der Waals surface area contributed by atoms with E-state index >= 15 is 0 Å². The minimum absolute atomic E-state index is 0.0997. The molecule has 7 nitrogen and oxygen atoms in total. The fourth-order valence-corrected chi connectivity index (χ4v) is 4.25. The second-order valence-corrected chi connectivity index (χ2v) is 9.93. The molecule has 2 saturated heterocycles. The molecule has 1 aromatic rings. The van der Waals surface area contributed by atoms with Gasteiger partial charge in [-0.25, -0.2) is 0 Å². The zero-order valence-electron chi connectivity index (χ0n) is 19.3. The first-order valence-corrected chi connectivity index (χ1v) is 11.3. The summed E-state index contributed by atoms with van der Waals surface area (Å²) in [7, 11) is 0. The number of terminal acetylenes is 1. The van der Waals surface area contributed by atoms with Crippen LogP contribution in [0.25, 0.3) is 0 Å². The molecular weight excluding hydrogens is 406 g/mol. The van der Waals surface area contributed by atoms with E-state index in [1.807, 2.05) is 45.0 Å². The zero-order valence-corrected chi connectivity index (χ0v) is 19.3. The summed E-state index contributed by atoms with van der Waals surface area (Å²) in [4.78, 5) is 30.0. The molecule has 0 spiro atoms. The molecule has 0 aromatic heterocycles. The Labute approximate surface area is 191 Å². The van der Waals surface area contributed by atoms with Crippen LogP contribution in [0, 0.1) is 17.8 Å². The first-order valence-electron chi connectivity index (χ1n) is 11.3. The summed E-state index contributed by atoms with van der Waals surface area (Å²) in [6, 6.07) is 6.68. The largest absolute Gasteiger partial charge is 0.391 e. The zero-order chi connectivity index (χ0) is 23.3. The monoisotopic (exact) mass is 441 g/mol. The normalized spacial score (nSPS) is 22.9. The van der Waals surface area contributed by atoms with Crippen LogP contribution in [-0.2, 0) is 14.3 Å². The summed E-state index contributed by atoms with van der Waals surface area (Å²) in [5, 5.41) is 13.4. The van der Waals surface area contributed by atoms with Crippen LogP contribution in [0.5, 0.6) is 0 Å². The molecule has 2 aliphatic rings. The third-order valence-electron chi connectivity index (χ3n) is 5.92. The number of rotatable bonds is 6. The number of likely N-dealkylation sites (tertiary alicyclic amines) is 1. The number of morpholine rings is 1. The smallest absolute Gasteiger partial charge is 0.243 e. The Bertz CT molecular complexity index is 834. The second kappa shape index (κ2) is 10.5. The molecule has 2 aliphatic heterocycles. The number of aliphatic hydroxyl groups excluding tert-OH is 1. The molecule has 2 fully saturated rings. The van der Waals surface area contributed by atoms with Gasteiger partial charge in [-0.15, -0.1) is 6.42 Å². The maximum Gasteiger partial charge on any atom is 0.243 e. The lowest BCUT2D eigenvalue weighted by molar-refractivity contribution is -0.140. The average molecular weight is 442 g/mol. The van der Waals surface area contributed by atoms with E-state index in [0.29, 0.717) is 26.2 Å². The van der Waals surface area contributed by atoms with Crippen LogP contribution in [0.2, 0.25) is 0 Å². The molecule has 3 rings (SSSR count). The fraction of sp³-hybridized carbons (Fsp3) is 0.600. The Morgan fingerprint density at radius 2 is 1.91 bits per heavy atom. The number of carbonyl (C=O) groups is 2. The van der Waals surface area contributed by atoms with Crippen molar-refractivity contribution in [2.24, 2.45) is 5.41 Å². The van der Waals surface area contributed by atoms with Crippen LogP contribution in [-0.4, -0.2) is 78.3 Å². The summed E-state index contributed by atoms with van der Waals surface area (Å²) < 4.78 is 5.45. The molecule has 2 amide bonds. The predicted octanol–water partition coefficient (Wildman–Crippen LogP) is 1.56. The molecule has 7 heteroatoms. The predicted molar refractivity (Wildman–Crippen MR) is 123 cm³/mol. The number of nitrogens with zero attached hydrogens (tertiary/aromatic N) is 2. The number of hydrogen-bond acceptors (Lipinski definition) is 5. The van der Waals surface area contributed by atoms with E-state index in [2.05, 4.69) is 16.1 Å². The van der Waals surface area contributed by atoms with Crippen molar-refractivity contribution in [3.05, 3.63) is 35.4 Å². The Kier molecular flexibility index (Phi) is 7.94. The number of carbonyl (C=O) groups excluding carboxylic acids is 2. The topological polar surface area (TPSA) is 82.1 Å². The first-order chi connectivity index (χ1) is 15.2. The quantitative estimate of drug-likeness (QED) is 0.655. The SMILES string of the molecule is C#Cc1ccc([C@H](CN2CCOCC2)NC(=O)C2CC(O)CN2C(=O)CC(C)(C)C)cc1. The number of benzene rings is 1. The molecular formula is C25H35N3O4. The molecule has 174 valence electrons. The van der Waals surface area contributed by atoms with E-state index in [1.165, 1.54) is 0 Å². The Morgan fingerprint density at radius 3 is 2.50 bits per heavy atom. The van der Waals surface area contributed by atoms with Crippen LogP contribution in [0.15, 0.2) is 24.3 Å². The Hall–Kier alpha value is -2.40. The van der Waals surface area contributed by atoms with Gasteiger partial charge in [0, 0.05) is 44.6 Å². The summed E-state index contributed by atoms with van der Waals surface area (Å²) in [6.07, 6.45) is 5.37. The van der Waals surface area contributed by atoms with Gasteiger partial charge < -0.3 is 20.1 Å². The van der Waals surface area contributed by atoms with E-state index in [9.17, 15) is 14.7 Å². The van der Waals surface area contributed by atoms with Crippen molar-refractivity contribution in [3.8, 4) is 12.3 Å². The summed E-state index contributed by atoms with van der Waals surface area (Å²) >= 11 is 0. The van der Waals surface area contributed by atoms with Crippen molar-refractivity contribution >= 4 is 11.8 Å². The number of aliphatic hydroxyl groups is 1. The Morgan fingerprint density at radius 1 is 1.25 bits per heavy atom. The van der Waals surface area contributed by atoms with Crippen LogP contribution in [0.4, 0.5) is 0 Å². The number of ether oxygens (including phenoxy) is 1. The van der Waals surface area contributed by atoms with Crippen molar-refractivity contribution in [2.45, 2.75) is 51.8 Å². The lowest BCUT2D eigenvalue weighted by Gasteiger charge is -2.33. The van der Waals surface area contributed by atoms with E-state index in [0.717, 1.165) is 24.2 Å². The van der Waals surface area contributed by atoms with E-state index < -0.39 is 12.1 Å². The molecule has 2 unspecified atom stereocenters. The van der Waals surface area contributed by atoms with Crippen LogP contribution >= 0.6 is 0 Å². The first kappa shape index (κ1) is 24.2. The van der Waals surface area contributed by atoms with Gasteiger partial charge in [0.05, 0.1) is 25.4 Å². The molecule has 3 atom stereocenters. The highest BCUT2D eigenvalue weighted by Crippen LogP contribution is 2.26. The number of amides is 2. The van der Waals surface area contributed by atoms with Gasteiger partial charge in [0.25, 0.3) is 0 Å². The Balaban J connectivity index is 1.76. The van der Waals surface area contributed by atoms with Crippen LogP contribution < -0.4 is 5.32 Å². The molecule has 0 aliphatic carbocycles. The summed E-state index contributed by atoms with van der Waals surface area (Å²) in [5.74, 6) is 2.28. The van der Waals surface area contributed by atoms with Gasteiger partial charge in [-0.05, 0) is 23.1 Å². The highest BCUT2D eigenvalue weighted by atomic mass is 16.5. The van der Waals surface area contributed by atoms with Crippen LogP contribution in [0.1, 0.15) is 50.8 Å². The minimum Gasteiger partial charge on any atom is -0.391 e. The van der Waals surface area contributed by atoms with Gasteiger partial charge >= 0.3 is 0 Å². The van der Waals surface area contributed by atoms with Gasteiger partial charge in [0.15, 0.2) is 0 Å². The van der Waals surface area contributed by atoms with E-state index in [-0.39, 0.29) is 36.2 Å². The maximum atomic E-state index is 13.3. The molecule has 2 heterocycles. The summed E-state index contributed by atoms with van der Waals surface area (Å²) in [6.45, 7) is 9.73. The number of nitrogens with one attached hydrogen (secondary N) is 1. The van der Waals surface area contributed by atoms with Crippen molar-refractivity contribution < 1.29 is 19.4 Å². The van der Waals surface area contributed by atoms with Crippen LogP contribution in [0.3, 0.4) is 0 Å². The third-order valence-corrected chi connectivity index (χ3v) is 5.92. The molecule has 32 heavy (non-hydrogen) atoms. The molecule has 1 aromatic carbocycles. The standard InChI is InChI=1S/C25H35N3O4/c1-5-18-6-8-19(9-7-18)21(17-27-10-12-32-13-11-27)26-24(31)22-14-20(29)16-28(22)23(30)15-25(2,3)4/h1,6-9,20-22,29H,10-17H2,2-4H3,(H,26,31)/t20?,21-,22?/m0/s1. The van der Waals surface area contributed by atoms with Gasteiger partial charge in [-0.2, -0.15) is 0 Å². The molecule has 0 radical (unpaired) electrons. The van der Waals surface area contributed by atoms with Crippen molar-refractivity contribution in [2.75, 3.05) is 39.4 Å². The maximum absolute atomic E-state index is 13.3. The highest BCUT2D eigenvalue weighted by Gasteiger charge is 2.40. The highest BCUT2D eigenvalue weighted by molar-refractivity contribution is 5.88. The van der Waals surface area contributed by atoms with E-state index in [1.54, 1.807) is 4.90 Å². The lowest BCUT2D eigenvalue weighted by Crippen LogP contribution is -2.49. The van der Waals surface area contributed by atoms with E-state index in [4.69, 9.17) is 11.2 Å². The van der Waals surface area contributed by atoms with Crippen molar-refractivity contribution in [1.29, 1.82) is 0 Å². The van der Waals surface area contributed by atoms with Crippen molar-refractivity contribution in [1.82, 2.24) is 15.1 Å². The summed E-state index contributed by atoms with van der Waals surface area (Å²) in [5.41, 5.74) is 1.54. The number of β-amino-alcohol motifs (C(OH)–C–C–N with tert-alkyl or cyclic N) is 1. The van der Waals surface area contributed by atoms with Gasteiger partial charge in [-0.3, -0.25) is 14.5 Å².